The summed E-state index contributed by atoms with van der Waals surface area (Å²) >= 11 is 0. The van der Waals surface area contributed by atoms with Gasteiger partial charge >= 0.3 is 0 Å². The lowest BCUT2D eigenvalue weighted by atomic mass is 9.60. The van der Waals surface area contributed by atoms with Gasteiger partial charge in [0, 0.05) is 30.7 Å². The highest BCUT2D eigenvalue weighted by molar-refractivity contribution is 6.42. The minimum atomic E-state index is -1.78. The van der Waals surface area contributed by atoms with Gasteiger partial charge in [0.15, 0.2) is 5.82 Å². The van der Waals surface area contributed by atoms with Crippen LogP contribution >= 0.6 is 0 Å². The highest BCUT2D eigenvalue weighted by Gasteiger charge is 2.39. The maximum atomic E-state index is 14.8. The molecular weight excluding hydrogens is 421 g/mol. The van der Waals surface area contributed by atoms with E-state index in [-0.39, 0.29) is 28.1 Å². The van der Waals surface area contributed by atoms with Crippen LogP contribution in [-0.2, 0) is 5.34 Å². The largest absolute Gasteiger partial charge is 0.391 e. The molecule has 0 bridgehead atoms. The van der Waals surface area contributed by atoms with Crippen molar-refractivity contribution in [1.29, 1.82) is 5.26 Å². The molecule has 2 aliphatic rings. The summed E-state index contributed by atoms with van der Waals surface area (Å²) in [6.07, 6.45) is 2.78. The Hall–Kier alpha value is -3.64. The Kier molecular flexibility index (Phi) is 4.98. The SMILES string of the molecule is [B]C1([B])NC(=O)c2c(-n3ccc(N4CCCC(O)C4)n3)cc(-c3c(F)cccc3C#N)nc21. The molecule has 0 saturated carbocycles. The number of hydrogen-bond acceptors (Lipinski definition) is 6. The summed E-state index contributed by atoms with van der Waals surface area (Å²) in [7, 11) is 12.2. The minimum absolute atomic E-state index is 0.0225. The van der Waals surface area contributed by atoms with Gasteiger partial charge < -0.3 is 15.3 Å². The summed E-state index contributed by atoms with van der Waals surface area (Å²) < 4.78 is 16.2. The number of rotatable bonds is 3. The molecule has 33 heavy (non-hydrogen) atoms. The van der Waals surface area contributed by atoms with E-state index in [1.807, 2.05) is 11.0 Å². The van der Waals surface area contributed by atoms with Gasteiger partial charge in [0.05, 0.1) is 61.6 Å². The molecule has 1 unspecified atom stereocenters. The molecule has 1 aromatic carbocycles. The van der Waals surface area contributed by atoms with Crippen molar-refractivity contribution < 1.29 is 14.3 Å². The maximum absolute atomic E-state index is 14.8. The van der Waals surface area contributed by atoms with E-state index in [2.05, 4.69) is 15.4 Å². The predicted octanol–water partition coefficient (Wildman–Crippen LogP) is 1.10. The third-order valence-electron chi connectivity index (χ3n) is 5.87. The van der Waals surface area contributed by atoms with Crippen LogP contribution in [0.2, 0.25) is 0 Å². The Balaban J connectivity index is 1.69. The van der Waals surface area contributed by atoms with Crippen molar-refractivity contribution in [3.8, 4) is 23.0 Å². The molecule has 5 rings (SSSR count). The number of piperidine rings is 1. The molecule has 2 aliphatic heterocycles. The predicted molar refractivity (Wildman–Crippen MR) is 120 cm³/mol. The number of aromatic nitrogens is 3. The molecule has 160 valence electrons. The van der Waals surface area contributed by atoms with E-state index in [0.717, 1.165) is 19.4 Å². The fourth-order valence-corrected chi connectivity index (χ4v) is 4.33. The molecule has 1 atom stereocenters. The average molecular weight is 438 g/mol. The molecule has 2 aromatic heterocycles. The van der Waals surface area contributed by atoms with Crippen molar-refractivity contribution in [3.63, 3.8) is 0 Å². The number of nitrogens with zero attached hydrogens (tertiary/aromatic N) is 5. The second-order valence-corrected chi connectivity index (χ2v) is 8.21. The summed E-state index contributed by atoms with van der Waals surface area (Å²) in [5, 5.41) is 24.8. The van der Waals surface area contributed by atoms with Gasteiger partial charge in [-0.1, -0.05) is 6.07 Å². The Labute approximate surface area is 191 Å². The first-order chi connectivity index (χ1) is 15.8. The van der Waals surface area contributed by atoms with Gasteiger partial charge in [0.2, 0.25) is 0 Å². The number of carbonyl (C=O) groups excluding carboxylic acids is 1. The normalized spacial score (nSPS) is 19.1. The van der Waals surface area contributed by atoms with Crippen molar-refractivity contribution in [2.24, 2.45) is 0 Å². The topological polar surface area (TPSA) is 107 Å². The Morgan fingerprint density at radius 2 is 2.12 bits per heavy atom. The molecule has 3 aromatic rings. The quantitative estimate of drug-likeness (QED) is 0.594. The monoisotopic (exact) mass is 438 g/mol. The van der Waals surface area contributed by atoms with Gasteiger partial charge in [-0.3, -0.25) is 9.78 Å². The van der Waals surface area contributed by atoms with Crippen LogP contribution in [0, 0.1) is 17.1 Å². The number of nitriles is 1. The van der Waals surface area contributed by atoms with Crippen molar-refractivity contribution in [3.05, 3.63) is 59.2 Å². The van der Waals surface area contributed by atoms with Crippen LogP contribution in [0.25, 0.3) is 16.9 Å². The van der Waals surface area contributed by atoms with Crippen LogP contribution in [0.5, 0.6) is 0 Å². The number of pyridine rings is 1. The van der Waals surface area contributed by atoms with Crippen LogP contribution in [0.1, 0.15) is 34.5 Å². The number of β-amino-alcohol motifs (C(OH)–C–C–N with tert-alkyl or cyclic N) is 1. The third-order valence-corrected chi connectivity index (χ3v) is 5.87. The molecule has 0 aliphatic carbocycles. The van der Waals surface area contributed by atoms with E-state index in [9.17, 15) is 19.6 Å². The number of hydrogen-bond donors (Lipinski definition) is 2. The van der Waals surface area contributed by atoms with Crippen molar-refractivity contribution in [2.45, 2.75) is 24.3 Å². The first-order valence-electron chi connectivity index (χ1n) is 10.4. The number of amides is 1. The number of anilines is 1. The molecule has 4 heterocycles. The fourth-order valence-electron chi connectivity index (χ4n) is 4.33. The number of fused-ring (bicyclic) bond motifs is 1. The standard InChI is InChI=1S/C22H17B2FN6O2/c23-22(24)20-19(21(33)28-22)16(9-15(27-20)18-12(10-26)3-1-5-14(18)25)31-8-6-17(29-31)30-7-2-4-13(32)11-30/h1,3,5-6,8-9,13,32H,2,4,7,11H2,(H,28,33). The molecule has 11 heteroatoms. The molecule has 8 nitrogen and oxygen atoms in total. The average Bonchev–Trinajstić information content (AvgIpc) is 3.36. The second kappa shape index (κ2) is 7.74. The number of halogens is 1. The zero-order valence-electron chi connectivity index (χ0n) is 17.5. The van der Waals surface area contributed by atoms with Gasteiger partial charge in [-0.25, -0.2) is 9.07 Å². The molecular formula is C22H17B2FN6O2. The molecule has 0 spiro atoms. The number of benzene rings is 1. The second-order valence-electron chi connectivity index (χ2n) is 8.21. The lowest BCUT2D eigenvalue weighted by molar-refractivity contribution is 0.0960. The Morgan fingerprint density at radius 1 is 1.30 bits per heavy atom. The Bertz CT molecular complexity index is 1320. The summed E-state index contributed by atoms with van der Waals surface area (Å²) in [5.41, 5.74) is 0.589. The van der Waals surface area contributed by atoms with Gasteiger partial charge in [0.1, 0.15) is 5.82 Å². The van der Waals surface area contributed by atoms with Crippen molar-refractivity contribution >= 4 is 27.4 Å². The third kappa shape index (κ3) is 3.56. The zero-order chi connectivity index (χ0) is 23.3. The summed E-state index contributed by atoms with van der Waals surface area (Å²) in [5.74, 6) is -0.564. The molecule has 1 amide bonds. The van der Waals surface area contributed by atoms with E-state index >= 15 is 0 Å². The fraction of sp³-hybridized carbons (Fsp3) is 0.273. The highest BCUT2D eigenvalue weighted by Crippen LogP contribution is 2.35. The summed E-state index contributed by atoms with van der Waals surface area (Å²) in [4.78, 5) is 19.1. The van der Waals surface area contributed by atoms with Crippen LogP contribution in [0.4, 0.5) is 10.2 Å². The van der Waals surface area contributed by atoms with E-state index < -0.39 is 23.2 Å². The zero-order valence-corrected chi connectivity index (χ0v) is 17.5. The van der Waals surface area contributed by atoms with Gasteiger partial charge in [0.25, 0.3) is 5.91 Å². The van der Waals surface area contributed by atoms with Crippen LogP contribution in [0.15, 0.2) is 36.5 Å². The van der Waals surface area contributed by atoms with E-state index in [1.54, 1.807) is 12.3 Å². The van der Waals surface area contributed by atoms with E-state index in [0.29, 0.717) is 18.1 Å². The van der Waals surface area contributed by atoms with Crippen LogP contribution < -0.4 is 10.2 Å². The first kappa shape index (κ1) is 21.2. The number of carbonyl (C=O) groups is 1. The van der Waals surface area contributed by atoms with Crippen LogP contribution in [-0.4, -0.2) is 60.7 Å². The van der Waals surface area contributed by atoms with Gasteiger partial charge in [-0.2, -0.15) is 10.4 Å². The lowest BCUT2D eigenvalue weighted by Crippen LogP contribution is -2.40. The van der Waals surface area contributed by atoms with Crippen LogP contribution in [0.3, 0.4) is 0 Å². The molecule has 4 radical (unpaired) electrons. The van der Waals surface area contributed by atoms with Gasteiger partial charge in [-0.15, -0.1) is 0 Å². The van der Waals surface area contributed by atoms with E-state index in [4.69, 9.17) is 15.7 Å². The molecule has 1 saturated heterocycles. The summed E-state index contributed by atoms with van der Waals surface area (Å²) in [6.45, 7) is 1.19. The van der Waals surface area contributed by atoms with Crippen molar-refractivity contribution in [1.82, 2.24) is 20.1 Å². The number of aliphatic hydroxyl groups excluding tert-OH is 1. The number of aliphatic hydroxyl groups is 1. The Morgan fingerprint density at radius 3 is 2.88 bits per heavy atom. The maximum Gasteiger partial charge on any atom is 0.254 e. The number of nitrogens with one attached hydrogen (secondary N) is 1. The summed E-state index contributed by atoms with van der Waals surface area (Å²) in [6, 6.07) is 9.34. The smallest absolute Gasteiger partial charge is 0.254 e. The van der Waals surface area contributed by atoms with Gasteiger partial charge in [-0.05, 0) is 31.0 Å². The lowest BCUT2D eigenvalue weighted by Gasteiger charge is -2.29. The first-order valence-corrected chi connectivity index (χ1v) is 10.4. The highest BCUT2D eigenvalue weighted by atomic mass is 19.1. The molecule has 1 fully saturated rings. The minimum Gasteiger partial charge on any atom is -0.391 e. The van der Waals surface area contributed by atoms with E-state index in [1.165, 1.54) is 28.9 Å². The van der Waals surface area contributed by atoms with Crippen molar-refractivity contribution in [2.75, 3.05) is 18.0 Å². The molecule has 2 N–H and O–H groups in total.